The van der Waals surface area contributed by atoms with Gasteiger partial charge in [0.25, 0.3) is 0 Å². The zero-order chi connectivity index (χ0) is 17.6. The first-order chi connectivity index (χ1) is 12.2. The molecule has 6 nitrogen and oxygen atoms in total. The number of likely N-dealkylation sites (N-methyl/N-ethyl adjacent to an activating group) is 1. The van der Waals surface area contributed by atoms with E-state index in [4.69, 9.17) is 0 Å². The van der Waals surface area contributed by atoms with E-state index in [9.17, 15) is 9.59 Å². The summed E-state index contributed by atoms with van der Waals surface area (Å²) in [6.07, 6.45) is 3.71. The highest BCUT2D eigenvalue weighted by molar-refractivity contribution is 5.89. The quantitative estimate of drug-likeness (QED) is 0.883. The molecule has 2 fully saturated rings. The van der Waals surface area contributed by atoms with Gasteiger partial charge in [-0.2, -0.15) is 0 Å². The molecule has 2 aliphatic heterocycles. The molecule has 1 aromatic carbocycles. The maximum atomic E-state index is 12.8. The van der Waals surface area contributed by atoms with E-state index in [1.165, 1.54) is 0 Å². The molecule has 1 atom stereocenters. The molecular formula is C19H28N4O2. The van der Waals surface area contributed by atoms with Crippen LogP contribution in [0, 0.1) is 5.92 Å². The van der Waals surface area contributed by atoms with E-state index in [0.717, 1.165) is 44.5 Å². The van der Waals surface area contributed by atoms with Crippen LogP contribution in [0.3, 0.4) is 0 Å². The average Bonchev–Trinajstić information content (AvgIpc) is 2.68. The summed E-state index contributed by atoms with van der Waals surface area (Å²) in [6.45, 7) is 2.95. The third-order valence-electron chi connectivity index (χ3n) is 5.30. The van der Waals surface area contributed by atoms with Crippen molar-refractivity contribution >= 4 is 17.6 Å². The first-order valence-electron chi connectivity index (χ1n) is 9.24. The van der Waals surface area contributed by atoms with Crippen LogP contribution >= 0.6 is 0 Å². The van der Waals surface area contributed by atoms with Crippen molar-refractivity contribution in [2.45, 2.75) is 31.7 Å². The number of carbonyl (C=O) groups is 2. The first-order valence-corrected chi connectivity index (χ1v) is 9.24. The predicted octanol–water partition coefficient (Wildman–Crippen LogP) is 2.14. The van der Waals surface area contributed by atoms with E-state index >= 15 is 0 Å². The largest absolute Gasteiger partial charge is 0.341 e. The van der Waals surface area contributed by atoms with Gasteiger partial charge in [-0.1, -0.05) is 18.2 Å². The van der Waals surface area contributed by atoms with E-state index in [1.54, 1.807) is 0 Å². The van der Waals surface area contributed by atoms with Crippen LogP contribution in [-0.2, 0) is 4.79 Å². The Kier molecular flexibility index (Phi) is 5.91. The summed E-state index contributed by atoms with van der Waals surface area (Å²) < 4.78 is 0. The minimum atomic E-state index is -0.0784. The second-order valence-electron chi connectivity index (χ2n) is 6.97. The fourth-order valence-electron chi connectivity index (χ4n) is 3.72. The Bertz CT molecular complexity index is 584. The minimum absolute atomic E-state index is 0.0522. The Balaban J connectivity index is 1.48. The molecule has 2 aliphatic rings. The number of nitrogens with zero attached hydrogens (tertiary/aromatic N) is 2. The molecule has 3 rings (SSSR count). The molecule has 25 heavy (non-hydrogen) atoms. The molecular weight excluding hydrogens is 316 g/mol. The van der Waals surface area contributed by atoms with Crippen molar-refractivity contribution in [2.24, 2.45) is 5.92 Å². The van der Waals surface area contributed by atoms with Crippen molar-refractivity contribution < 1.29 is 9.59 Å². The third kappa shape index (κ3) is 4.51. The highest BCUT2D eigenvalue weighted by atomic mass is 16.2. The fraction of sp³-hybridized carbons (Fsp3) is 0.579. The second kappa shape index (κ2) is 8.34. The van der Waals surface area contributed by atoms with Gasteiger partial charge in [0, 0.05) is 43.8 Å². The lowest BCUT2D eigenvalue weighted by Crippen LogP contribution is -2.51. The average molecular weight is 344 g/mol. The van der Waals surface area contributed by atoms with Gasteiger partial charge >= 0.3 is 6.03 Å². The van der Waals surface area contributed by atoms with Crippen molar-refractivity contribution in [3.8, 4) is 0 Å². The summed E-state index contributed by atoms with van der Waals surface area (Å²) in [4.78, 5) is 28.9. The first kappa shape index (κ1) is 17.7. The van der Waals surface area contributed by atoms with Gasteiger partial charge in [-0.15, -0.1) is 0 Å². The van der Waals surface area contributed by atoms with E-state index in [1.807, 2.05) is 47.2 Å². The van der Waals surface area contributed by atoms with Crippen molar-refractivity contribution in [3.05, 3.63) is 30.3 Å². The molecule has 1 unspecified atom stereocenters. The Labute approximate surface area is 149 Å². The van der Waals surface area contributed by atoms with E-state index < -0.39 is 0 Å². The SMILES string of the molecule is CNC1CCCN(C(=O)C2CCN(C(=O)Nc3ccccc3)CC2)C1. The zero-order valence-corrected chi connectivity index (χ0v) is 14.9. The number of rotatable bonds is 3. The summed E-state index contributed by atoms with van der Waals surface area (Å²) in [6, 6.07) is 9.81. The molecule has 2 saturated heterocycles. The molecule has 6 heteroatoms. The molecule has 2 heterocycles. The van der Waals surface area contributed by atoms with Gasteiger partial charge in [0.15, 0.2) is 0 Å². The number of nitrogens with one attached hydrogen (secondary N) is 2. The van der Waals surface area contributed by atoms with Crippen molar-refractivity contribution in [1.82, 2.24) is 15.1 Å². The molecule has 0 aromatic heterocycles. The van der Waals surface area contributed by atoms with Crippen LogP contribution in [0.4, 0.5) is 10.5 Å². The number of hydrogen-bond acceptors (Lipinski definition) is 3. The number of piperidine rings is 2. The van der Waals surface area contributed by atoms with Gasteiger partial charge < -0.3 is 20.4 Å². The number of benzene rings is 1. The van der Waals surface area contributed by atoms with Crippen LogP contribution in [0.25, 0.3) is 0 Å². The third-order valence-corrected chi connectivity index (χ3v) is 5.30. The number of amides is 3. The standard InChI is InChI=1S/C19H28N4O2/c1-20-17-8-5-11-23(14-17)18(24)15-9-12-22(13-10-15)19(25)21-16-6-3-2-4-7-16/h2-4,6-7,15,17,20H,5,8-14H2,1H3,(H,21,25). The Morgan fingerprint density at radius 1 is 1.00 bits per heavy atom. The summed E-state index contributed by atoms with van der Waals surface area (Å²) in [7, 11) is 1.96. The maximum absolute atomic E-state index is 12.8. The van der Waals surface area contributed by atoms with Crippen LogP contribution in [-0.4, -0.2) is 61.0 Å². The van der Waals surface area contributed by atoms with Gasteiger partial charge in [0.05, 0.1) is 0 Å². The van der Waals surface area contributed by atoms with Gasteiger partial charge in [-0.3, -0.25) is 4.79 Å². The zero-order valence-electron chi connectivity index (χ0n) is 14.9. The topological polar surface area (TPSA) is 64.7 Å². The molecule has 0 radical (unpaired) electrons. The summed E-state index contributed by atoms with van der Waals surface area (Å²) in [5.74, 6) is 0.319. The fourth-order valence-corrected chi connectivity index (χ4v) is 3.72. The molecule has 2 N–H and O–H groups in total. The number of anilines is 1. The van der Waals surface area contributed by atoms with Crippen LogP contribution in [0.15, 0.2) is 30.3 Å². The lowest BCUT2D eigenvalue weighted by Gasteiger charge is -2.37. The molecule has 0 spiro atoms. The molecule has 0 aliphatic carbocycles. The Morgan fingerprint density at radius 3 is 2.40 bits per heavy atom. The predicted molar refractivity (Wildman–Crippen MR) is 98.4 cm³/mol. The van der Waals surface area contributed by atoms with Gasteiger partial charge in [-0.25, -0.2) is 4.79 Å². The smallest absolute Gasteiger partial charge is 0.321 e. The molecule has 0 bridgehead atoms. The Morgan fingerprint density at radius 2 is 1.72 bits per heavy atom. The lowest BCUT2D eigenvalue weighted by atomic mass is 9.94. The molecule has 136 valence electrons. The molecule has 0 saturated carbocycles. The number of para-hydroxylation sites is 1. The highest BCUT2D eigenvalue weighted by Gasteiger charge is 2.32. The van der Waals surface area contributed by atoms with Crippen molar-refractivity contribution in [3.63, 3.8) is 0 Å². The maximum Gasteiger partial charge on any atom is 0.321 e. The monoisotopic (exact) mass is 344 g/mol. The van der Waals surface area contributed by atoms with E-state index in [0.29, 0.717) is 19.1 Å². The minimum Gasteiger partial charge on any atom is -0.341 e. The van der Waals surface area contributed by atoms with Gasteiger partial charge in [0.1, 0.15) is 0 Å². The number of urea groups is 1. The Hall–Kier alpha value is -2.08. The molecule has 1 aromatic rings. The van der Waals surface area contributed by atoms with Crippen LogP contribution < -0.4 is 10.6 Å². The summed E-state index contributed by atoms with van der Waals surface area (Å²) >= 11 is 0. The van der Waals surface area contributed by atoms with Gasteiger partial charge in [0.2, 0.25) is 5.91 Å². The number of carbonyl (C=O) groups excluding carboxylic acids is 2. The second-order valence-corrected chi connectivity index (χ2v) is 6.97. The van der Waals surface area contributed by atoms with Crippen molar-refractivity contribution in [1.29, 1.82) is 0 Å². The van der Waals surface area contributed by atoms with Crippen LogP contribution in [0.2, 0.25) is 0 Å². The van der Waals surface area contributed by atoms with Gasteiger partial charge in [-0.05, 0) is 44.9 Å². The lowest BCUT2D eigenvalue weighted by molar-refractivity contribution is -0.138. The summed E-state index contributed by atoms with van der Waals surface area (Å²) in [5.41, 5.74) is 0.803. The normalized spacial score (nSPS) is 21.9. The van der Waals surface area contributed by atoms with Crippen LogP contribution in [0.5, 0.6) is 0 Å². The van der Waals surface area contributed by atoms with E-state index in [-0.39, 0.29) is 17.9 Å². The number of hydrogen-bond donors (Lipinski definition) is 2. The highest BCUT2D eigenvalue weighted by Crippen LogP contribution is 2.22. The van der Waals surface area contributed by atoms with E-state index in [2.05, 4.69) is 10.6 Å². The van der Waals surface area contributed by atoms with Crippen LogP contribution in [0.1, 0.15) is 25.7 Å². The summed E-state index contributed by atoms with van der Waals surface area (Å²) in [5, 5.41) is 6.20. The van der Waals surface area contributed by atoms with Crippen molar-refractivity contribution in [2.75, 3.05) is 38.5 Å². The number of likely N-dealkylation sites (tertiary alicyclic amines) is 2. The molecule has 3 amide bonds.